The van der Waals surface area contributed by atoms with E-state index in [0.29, 0.717) is 29.6 Å². The van der Waals surface area contributed by atoms with E-state index < -0.39 is 11.5 Å². The van der Waals surface area contributed by atoms with E-state index in [4.69, 9.17) is 4.74 Å². The smallest absolute Gasteiger partial charge is 0.307 e. The Morgan fingerprint density at radius 2 is 1.50 bits per heavy atom. The van der Waals surface area contributed by atoms with Crippen LogP contribution in [0.1, 0.15) is 120 Å². The molecule has 204 valence electrons. The molecule has 0 saturated heterocycles. The molecular formula is C32H51FO3. The normalized spacial score (nSPS) is 51.5. The molecule has 0 amide bonds. The summed E-state index contributed by atoms with van der Waals surface area (Å²) in [5.74, 6) is 2.59. The Hall–Kier alpha value is -0.930. The minimum atomic E-state index is -1.01. The van der Waals surface area contributed by atoms with Crippen LogP contribution < -0.4 is 0 Å². The second-order valence-electron chi connectivity index (χ2n) is 15.5. The van der Waals surface area contributed by atoms with E-state index in [2.05, 4.69) is 48.5 Å². The van der Waals surface area contributed by atoms with E-state index in [0.717, 1.165) is 44.9 Å². The molecule has 0 aliphatic heterocycles. The van der Waals surface area contributed by atoms with E-state index >= 15 is 0 Å². The Morgan fingerprint density at radius 3 is 2.11 bits per heavy atom. The minimum absolute atomic E-state index is 0.000472. The number of hydrogen-bond donors (Lipinski definition) is 0. The van der Waals surface area contributed by atoms with Gasteiger partial charge in [-0.25, -0.2) is 0 Å². The predicted molar refractivity (Wildman–Crippen MR) is 141 cm³/mol. The third-order valence-electron chi connectivity index (χ3n) is 14.0. The lowest BCUT2D eigenvalue weighted by atomic mass is 9.32. The summed E-state index contributed by atoms with van der Waals surface area (Å²) in [5, 5.41) is 0. The Morgan fingerprint density at radius 1 is 0.806 bits per heavy atom. The zero-order valence-corrected chi connectivity index (χ0v) is 24.2. The zero-order valence-electron chi connectivity index (χ0n) is 24.2. The fourth-order valence-electron chi connectivity index (χ4n) is 12.1. The molecule has 0 spiro atoms. The summed E-state index contributed by atoms with van der Waals surface area (Å²) in [5.41, 5.74) is -0.191. The van der Waals surface area contributed by atoms with Gasteiger partial charge >= 0.3 is 12.0 Å². The van der Waals surface area contributed by atoms with Crippen LogP contribution in [0.2, 0.25) is 0 Å². The summed E-state index contributed by atoms with van der Waals surface area (Å²) in [7, 11) is 0. The maximum Gasteiger partial charge on any atom is 0.307 e. The van der Waals surface area contributed by atoms with Crippen molar-refractivity contribution in [3.05, 3.63) is 0 Å². The third-order valence-corrected chi connectivity index (χ3v) is 14.0. The molecule has 0 aromatic rings. The molecule has 5 rings (SSSR count). The highest BCUT2D eigenvalue weighted by Gasteiger charge is 2.72. The Balaban J connectivity index is 1.52. The van der Waals surface area contributed by atoms with Crippen LogP contribution in [0.4, 0.5) is 4.39 Å². The molecule has 0 bridgehead atoms. The highest BCUT2D eigenvalue weighted by atomic mass is 19.1. The highest BCUT2D eigenvalue weighted by molar-refractivity contribution is 5.77. The Bertz CT molecular complexity index is 926. The van der Waals surface area contributed by atoms with Gasteiger partial charge in [-0.2, -0.15) is 4.39 Å². The molecule has 5 saturated carbocycles. The minimum Gasteiger partial charge on any atom is -0.462 e. The molecule has 5 fully saturated rings. The number of fused-ring (bicyclic) bond motifs is 7. The maximum absolute atomic E-state index is 14.9. The van der Waals surface area contributed by atoms with Crippen molar-refractivity contribution in [2.24, 2.45) is 62.6 Å². The molecule has 5 aliphatic rings. The molecule has 0 aromatic carbocycles. The number of carbonyl (C=O) groups excluding carboxylic acids is 2. The van der Waals surface area contributed by atoms with Crippen LogP contribution in [0, 0.1) is 62.6 Å². The van der Waals surface area contributed by atoms with Gasteiger partial charge in [0.05, 0.1) is 5.41 Å². The van der Waals surface area contributed by atoms with Crippen LogP contribution in [0.25, 0.3) is 0 Å². The van der Waals surface area contributed by atoms with E-state index in [1.807, 2.05) is 0 Å². The lowest BCUT2D eigenvalue weighted by molar-refractivity contribution is -0.250. The highest BCUT2D eigenvalue weighted by Crippen LogP contribution is 2.77. The van der Waals surface area contributed by atoms with Crippen molar-refractivity contribution >= 4 is 12.0 Å². The number of carbonyl (C=O) groups is 2. The Labute approximate surface area is 219 Å². The summed E-state index contributed by atoms with van der Waals surface area (Å²) >= 11 is 0. The van der Waals surface area contributed by atoms with Gasteiger partial charge < -0.3 is 4.74 Å². The van der Waals surface area contributed by atoms with Gasteiger partial charge in [-0.1, -0.05) is 48.5 Å². The summed E-state index contributed by atoms with van der Waals surface area (Å²) in [6, 6.07) is -1.01. The third kappa shape index (κ3) is 3.26. The number of hydrogen-bond acceptors (Lipinski definition) is 3. The molecule has 0 N–H and O–H groups in total. The van der Waals surface area contributed by atoms with E-state index in [-0.39, 0.29) is 39.7 Å². The van der Waals surface area contributed by atoms with Gasteiger partial charge in [0, 0.05) is 12.3 Å². The number of esters is 1. The zero-order chi connectivity index (χ0) is 26.5. The van der Waals surface area contributed by atoms with Crippen molar-refractivity contribution in [2.45, 2.75) is 126 Å². The van der Waals surface area contributed by atoms with E-state index in [1.54, 1.807) is 6.92 Å². The predicted octanol–water partition coefficient (Wildman–Crippen LogP) is 8.15. The van der Waals surface area contributed by atoms with Gasteiger partial charge in [-0.3, -0.25) is 9.59 Å². The van der Waals surface area contributed by atoms with Crippen LogP contribution >= 0.6 is 0 Å². The monoisotopic (exact) mass is 502 g/mol. The van der Waals surface area contributed by atoms with Crippen LogP contribution in [-0.2, 0) is 14.3 Å². The molecule has 0 radical (unpaired) electrons. The van der Waals surface area contributed by atoms with Gasteiger partial charge in [0.25, 0.3) is 0 Å². The second-order valence-corrected chi connectivity index (χ2v) is 15.5. The van der Waals surface area contributed by atoms with Gasteiger partial charge in [-0.05, 0) is 116 Å². The molecule has 0 aromatic heterocycles. The largest absolute Gasteiger partial charge is 0.462 e. The fraction of sp³-hybridized carbons (Fsp3) is 0.938. The second kappa shape index (κ2) is 8.28. The summed E-state index contributed by atoms with van der Waals surface area (Å²) in [4.78, 5) is 24.5. The first-order chi connectivity index (χ1) is 16.6. The molecule has 0 heterocycles. The summed E-state index contributed by atoms with van der Waals surface area (Å²) < 4.78 is 20.8. The molecular weight excluding hydrogens is 451 g/mol. The lowest BCUT2D eigenvalue weighted by Gasteiger charge is -2.72. The maximum atomic E-state index is 14.9. The molecule has 3 nitrogen and oxygen atoms in total. The SMILES string of the molecule is CC(=O)OC1CC[C@]2(C)[C@H]3CC[C@@H]4[C@H]5[C@H](C(C)C)CC[C@]5(C(=O)F)CC[C@@]4(C)[C@]3(C)CC[C@H]2C1(C)C. The fourth-order valence-corrected chi connectivity index (χ4v) is 12.1. The first kappa shape index (κ1) is 26.7. The van der Waals surface area contributed by atoms with Gasteiger partial charge in [0.2, 0.25) is 0 Å². The van der Waals surface area contributed by atoms with Gasteiger partial charge in [0.1, 0.15) is 6.10 Å². The van der Waals surface area contributed by atoms with Crippen molar-refractivity contribution < 1.29 is 18.7 Å². The summed E-state index contributed by atoms with van der Waals surface area (Å²) in [6.07, 6.45) is 10.2. The van der Waals surface area contributed by atoms with Crippen LogP contribution in [0.5, 0.6) is 0 Å². The molecule has 4 heteroatoms. The van der Waals surface area contributed by atoms with Crippen LogP contribution in [-0.4, -0.2) is 18.1 Å². The van der Waals surface area contributed by atoms with Crippen LogP contribution in [0.3, 0.4) is 0 Å². The standard InChI is InChI=1S/C32H51FO3/c1-19(2)21-11-16-32(27(33)35)18-17-30(7)22(26(21)32)9-10-24-29(6)14-13-25(36-20(3)34)28(4,5)23(29)12-15-31(24,30)8/h19,21-26H,9-18H2,1-8H3/t21-,22+,23-,24+,25?,26+,29-,30+,31+,32-/m0/s1. The first-order valence-corrected chi connectivity index (χ1v) is 15.0. The molecule has 36 heavy (non-hydrogen) atoms. The number of ether oxygens (including phenoxy) is 1. The van der Waals surface area contributed by atoms with Crippen molar-refractivity contribution in [1.82, 2.24) is 0 Å². The van der Waals surface area contributed by atoms with Gasteiger partial charge in [-0.15, -0.1) is 0 Å². The van der Waals surface area contributed by atoms with Crippen LogP contribution in [0.15, 0.2) is 0 Å². The first-order valence-electron chi connectivity index (χ1n) is 15.0. The summed E-state index contributed by atoms with van der Waals surface area (Å²) in [6.45, 7) is 18.5. The molecule has 5 aliphatic carbocycles. The van der Waals surface area contributed by atoms with E-state index in [1.165, 1.54) is 19.3 Å². The van der Waals surface area contributed by atoms with Crippen molar-refractivity contribution in [3.8, 4) is 0 Å². The topological polar surface area (TPSA) is 43.4 Å². The van der Waals surface area contributed by atoms with Crippen molar-refractivity contribution in [2.75, 3.05) is 0 Å². The molecule has 1 unspecified atom stereocenters. The number of rotatable bonds is 3. The van der Waals surface area contributed by atoms with Crippen molar-refractivity contribution in [1.29, 1.82) is 0 Å². The molecule has 10 atom stereocenters. The Kier molecular flexibility index (Phi) is 6.14. The van der Waals surface area contributed by atoms with E-state index in [9.17, 15) is 14.0 Å². The van der Waals surface area contributed by atoms with Gasteiger partial charge in [0.15, 0.2) is 0 Å². The number of halogens is 1. The quantitative estimate of drug-likeness (QED) is 0.289. The average molecular weight is 503 g/mol. The van der Waals surface area contributed by atoms with Crippen molar-refractivity contribution in [3.63, 3.8) is 0 Å². The lowest BCUT2D eigenvalue weighted by Crippen LogP contribution is -2.67. The average Bonchev–Trinajstić information content (AvgIpc) is 3.17.